The normalized spacial score (nSPS) is 15.3. The topological polar surface area (TPSA) is 29.3 Å². The van der Waals surface area contributed by atoms with Crippen molar-refractivity contribution < 1.29 is 0 Å². The minimum atomic E-state index is 0.690. The fourth-order valence-electron chi connectivity index (χ4n) is 2.96. The third kappa shape index (κ3) is 3.38. The minimum absolute atomic E-state index is 0.690. The summed E-state index contributed by atoms with van der Waals surface area (Å²) >= 11 is 0. The lowest BCUT2D eigenvalue weighted by Gasteiger charge is -2.27. The number of fused-ring (bicyclic) bond motifs is 1. The Labute approximate surface area is 117 Å². The van der Waals surface area contributed by atoms with Crippen LogP contribution in [-0.4, -0.2) is 25.5 Å². The molecule has 0 radical (unpaired) electrons. The standard InChI is InChI=1S/C17H26N2/c1-12(2)9-17-14(11-19(3)4)6-5-13-10-15(18)7-8-16(13)17/h7-8,10,12H,5-6,9,11,18H2,1-4H3. The Balaban J connectivity index is 2.43. The summed E-state index contributed by atoms with van der Waals surface area (Å²) in [5.41, 5.74) is 12.8. The van der Waals surface area contributed by atoms with E-state index in [1.54, 1.807) is 11.1 Å². The Morgan fingerprint density at radius 2 is 1.95 bits per heavy atom. The maximum absolute atomic E-state index is 5.92. The van der Waals surface area contributed by atoms with E-state index < -0.39 is 0 Å². The smallest absolute Gasteiger partial charge is 0.0317 e. The van der Waals surface area contributed by atoms with E-state index in [9.17, 15) is 0 Å². The van der Waals surface area contributed by atoms with Gasteiger partial charge in [0, 0.05) is 12.2 Å². The number of rotatable bonds is 4. The molecule has 1 aliphatic carbocycles. The highest BCUT2D eigenvalue weighted by molar-refractivity contribution is 5.75. The molecule has 0 amide bonds. The fourth-order valence-corrected chi connectivity index (χ4v) is 2.96. The largest absolute Gasteiger partial charge is 0.399 e. The quantitative estimate of drug-likeness (QED) is 0.836. The molecule has 0 unspecified atom stereocenters. The van der Waals surface area contributed by atoms with Gasteiger partial charge in [-0.3, -0.25) is 0 Å². The highest BCUT2D eigenvalue weighted by Gasteiger charge is 2.20. The third-order valence-corrected chi connectivity index (χ3v) is 3.70. The van der Waals surface area contributed by atoms with Gasteiger partial charge in [-0.1, -0.05) is 25.5 Å². The number of likely N-dealkylation sites (N-methyl/N-ethyl adjacent to an activating group) is 1. The maximum Gasteiger partial charge on any atom is 0.0317 e. The number of nitrogens with two attached hydrogens (primary N) is 1. The van der Waals surface area contributed by atoms with Gasteiger partial charge in [0.05, 0.1) is 0 Å². The minimum Gasteiger partial charge on any atom is -0.399 e. The molecule has 0 aromatic heterocycles. The Morgan fingerprint density at radius 1 is 1.21 bits per heavy atom. The lowest BCUT2D eigenvalue weighted by Crippen LogP contribution is -2.19. The van der Waals surface area contributed by atoms with Crippen LogP contribution in [0.5, 0.6) is 0 Å². The Bertz CT molecular complexity index is 484. The van der Waals surface area contributed by atoms with Crippen molar-refractivity contribution in [3.8, 4) is 0 Å². The third-order valence-electron chi connectivity index (χ3n) is 3.70. The van der Waals surface area contributed by atoms with E-state index in [1.165, 1.54) is 24.0 Å². The summed E-state index contributed by atoms with van der Waals surface area (Å²) in [5, 5.41) is 0. The first kappa shape index (κ1) is 14.1. The molecule has 0 bridgehead atoms. The van der Waals surface area contributed by atoms with Gasteiger partial charge in [0.1, 0.15) is 0 Å². The van der Waals surface area contributed by atoms with Crippen LogP contribution >= 0.6 is 0 Å². The van der Waals surface area contributed by atoms with Gasteiger partial charge in [-0.15, -0.1) is 0 Å². The monoisotopic (exact) mass is 258 g/mol. The van der Waals surface area contributed by atoms with Crippen molar-refractivity contribution in [2.45, 2.75) is 33.1 Å². The van der Waals surface area contributed by atoms with Gasteiger partial charge >= 0.3 is 0 Å². The molecule has 1 aliphatic rings. The predicted molar refractivity (Wildman–Crippen MR) is 84.1 cm³/mol. The van der Waals surface area contributed by atoms with Gasteiger partial charge in [0.2, 0.25) is 0 Å². The highest BCUT2D eigenvalue weighted by atomic mass is 15.0. The van der Waals surface area contributed by atoms with E-state index in [-0.39, 0.29) is 0 Å². The van der Waals surface area contributed by atoms with Gasteiger partial charge in [-0.25, -0.2) is 0 Å². The molecule has 1 aromatic rings. The molecule has 2 nitrogen and oxygen atoms in total. The molecule has 104 valence electrons. The van der Waals surface area contributed by atoms with Gasteiger partial charge in [0.25, 0.3) is 0 Å². The molecular weight excluding hydrogens is 232 g/mol. The van der Waals surface area contributed by atoms with Crippen LogP contribution in [0.4, 0.5) is 5.69 Å². The number of benzene rings is 1. The zero-order chi connectivity index (χ0) is 14.0. The van der Waals surface area contributed by atoms with Crippen molar-refractivity contribution >= 4 is 11.3 Å². The summed E-state index contributed by atoms with van der Waals surface area (Å²) in [6.07, 6.45) is 3.47. The number of aryl methyl sites for hydroxylation is 1. The van der Waals surface area contributed by atoms with Crippen LogP contribution in [0.1, 0.15) is 37.8 Å². The lowest BCUT2D eigenvalue weighted by molar-refractivity contribution is 0.438. The molecule has 0 fully saturated rings. The van der Waals surface area contributed by atoms with Crippen LogP contribution in [0.15, 0.2) is 23.8 Å². The molecule has 0 atom stereocenters. The molecule has 2 heteroatoms. The van der Waals surface area contributed by atoms with E-state index in [2.05, 4.69) is 45.0 Å². The first-order valence-electron chi connectivity index (χ1n) is 7.21. The highest BCUT2D eigenvalue weighted by Crippen LogP contribution is 2.36. The van der Waals surface area contributed by atoms with E-state index in [1.807, 2.05) is 6.07 Å². The number of hydrogen-bond donors (Lipinski definition) is 1. The second-order valence-corrected chi connectivity index (χ2v) is 6.33. The number of nitrogen functional groups attached to an aromatic ring is 1. The van der Waals surface area contributed by atoms with E-state index in [0.29, 0.717) is 5.92 Å². The van der Waals surface area contributed by atoms with Crippen molar-refractivity contribution in [1.29, 1.82) is 0 Å². The van der Waals surface area contributed by atoms with E-state index in [0.717, 1.165) is 18.7 Å². The Morgan fingerprint density at radius 3 is 2.58 bits per heavy atom. The van der Waals surface area contributed by atoms with Crippen LogP contribution < -0.4 is 5.73 Å². The van der Waals surface area contributed by atoms with Gasteiger partial charge in [-0.05, 0) is 68.1 Å². The van der Waals surface area contributed by atoms with Crippen molar-refractivity contribution in [2.75, 3.05) is 26.4 Å². The Hall–Kier alpha value is -1.28. The molecule has 0 spiro atoms. The zero-order valence-electron chi connectivity index (χ0n) is 12.7. The van der Waals surface area contributed by atoms with Crippen molar-refractivity contribution in [1.82, 2.24) is 4.90 Å². The van der Waals surface area contributed by atoms with Crippen molar-refractivity contribution in [3.05, 3.63) is 34.9 Å². The number of anilines is 1. The van der Waals surface area contributed by atoms with Gasteiger partial charge in [-0.2, -0.15) is 0 Å². The van der Waals surface area contributed by atoms with Crippen LogP contribution in [0.2, 0.25) is 0 Å². The predicted octanol–water partition coefficient (Wildman–Crippen LogP) is 3.58. The molecule has 0 heterocycles. The second-order valence-electron chi connectivity index (χ2n) is 6.33. The average molecular weight is 258 g/mol. The van der Waals surface area contributed by atoms with Crippen LogP contribution in [0, 0.1) is 5.92 Å². The second kappa shape index (κ2) is 5.79. The molecular formula is C17H26N2. The fraction of sp³-hybridized carbons (Fsp3) is 0.529. The van der Waals surface area contributed by atoms with Gasteiger partial charge < -0.3 is 10.6 Å². The lowest BCUT2D eigenvalue weighted by atomic mass is 9.81. The summed E-state index contributed by atoms with van der Waals surface area (Å²) in [7, 11) is 4.30. The average Bonchev–Trinajstić information content (AvgIpc) is 2.31. The summed E-state index contributed by atoms with van der Waals surface area (Å²) in [6.45, 7) is 5.67. The Kier molecular flexibility index (Phi) is 4.31. The first-order chi connectivity index (χ1) is 8.97. The molecule has 1 aromatic carbocycles. The van der Waals surface area contributed by atoms with Crippen molar-refractivity contribution in [2.24, 2.45) is 5.92 Å². The molecule has 0 saturated carbocycles. The zero-order valence-corrected chi connectivity index (χ0v) is 12.7. The number of nitrogens with zero attached hydrogens (tertiary/aromatic N) is 1. The molecule has 0 saturated heterocycles. The molecule has 19 heavy (non-hydrogen) atoms. The number of allylic oxidation sites excluding steroid dienone is 1. The number of hydrogen-bond acceptors (Lipinski definition) is 2. The summed E-state index contributed by atoms with van der Waals surface area (Å²) in [5.74, 6) is 0.690. The van der Waals surface area contributed by atoms with E-state index >= 15 is 0 Å². The molecule has 2 N–H and O–H groups in total. The molecule has 2 rings (SSSR count). The summed E-state index contributed by atoms with van der Waals surface area (Å²) in [4.78, 5) is 2.28. The maximum atomic E-state index is 5.92. The summed E-state index contributed by atoms with van der Waals surface area (Å²) in [6, 6.07) is 6.41. The van der Waals surface area contributed by atoms with Crippen LogP contribution in [0.25, 0.3) is 5.57 Å². The van der Waals surface area contributed by atoms with Crippen molar-refractivity contribution in [3.63, 3.8) is 0 Å². The first-order valence-corrected chi connectivity index (χ1v) is 7.21. The van der Waals surface area contributed by atoms with E-state index in [4.69, 9.17) is 5.73 Å². The van der Waals surface area contributed by atoms with Crippen LogP contribution in [-0.2, 0) is 6.42 Å². The molecule has 0 aliphatic heterocycles. The SMILES string of the molecule is CC(C)CC1=C(CN(C)C)CCc2cc(N)ccc21. The summed E-state index contributed by atoms with van der Waals surface area (Å²) < 4.78 is 0. The van der Waals surface area contributed by atoms with Gasteiger partial charge in [0.15, 0.2) is 0 Å². The van der Waals surface area contributed by atoms with Crippen LogP contribution in [0.3, 0.4) is 0 Å².